The van der Waals surface area contributed by atoms with E-state index < -0.39 is 10.0 Å². The largest absolute Gasteiger partial charge is 0.486 e. The second-order valence-electron chi connectivity index (χ2n) is 9.97. The monoisotopic (exact) mass is 557 g/mol. The van der Waals surface area contributed by atoms with E-state index in [0.29, 0.717) is 28.9 Å². The first-order valence-electron chi connectivity index (χ1n) is 11.9. The van der Waals surface area contributed by atoms with Gasteiger partial charge < -0.3 is 9.64 Å². The van der Waals surface area contributed by atoms with Crippen LogP contribution in [0, 0.1) is 5.41 Å². The summed E-state index contributed by atoms with van der Waals surface area (Å²) in [6, 6.07) is 15.2. The molecular weight excluding hydrogens is 533 g/mol. The Morgan fingerprint density at radius 1 is 1.05 bits per heavy atom. The van der Waals surface area contributed by atoms with Crippen molar-refractivity contribution >= 4 is 49.9 Å². The van der Waals surface area contributed by atoms with Gasteiger partial charge in [-0.3, -0.25) is 5.10 Å². The lowest BCUT2D eigenvalue weighted by atomic mass is 9.74. The highest BCUT2D eigenvalue weighted by molar-refractivity contribution is 7.88. The van der Waals surface area contributed by atoms with Crippen LogP contribution in [0.4, 0.5) is 5.82 Å². The summed E-state index contributed by atoms with van der Waals surface area (Å²) in [7, 11) is -3.10. The van der Waals surface area contributed by atoms with E-state index in [2.05, 4.69) is 20.1 Å². The van der Waals surface area contributed by atoms with E-state index in [9.17, 15) is 8.42 Å². The quantitative estimate of drug-likeness (QED) is 0.352. The van der Waals surface area contributed by atoms with Gasteiger partial charge in [-0.2, -0.15) is 5.10 Å². The molecule has 0 aliphatic carbocycles. The topological polar surface area (TPSA) is 91.4 Å². The molecule has 2 aromatic heterocycles. The minimum Gasteiger partial charge on any atom is -0.486 e. The Kier molecular flexibility index (Phi) is 5.87. The van der Waals surface area contributed by atoms with Gasteiger partial charge in [0.25, 0.3) is 0 Å². The maximum Gasteiger partial charge on any atom is 0.211 e. The molecule has 2 aliphatic rings. The molecule has 0 bridgehead atoms. The molecule has 4 aromatic rings. The molecule has 6 rings (SSSR count). The number of hydrogen-bond acceptors (Lipinski definition) is 6. The van der Waals surface area contributed by atoms with Gasteiger partial charge in [0, 0.05) is 64.3 Å². The lowest BCUT2D eigenvalue weighted by molar-refractivity contribution is 0.0395. The fourth-order valence-electron chi connectivity index (χ4n) is 5.22. The van der Waals surface area contributed by atoms with Gasteiger partial charge in [-0.15, -0.1) is 0 Å². The van der Waals surface area contributed by atoms with Crippen molar-refractivity contribution in [3.05, 3.63) is 70.3 Å². The Balaban J connectivity index is 1.18. The summed E-state index contributed by atoms with van der Waals surface area (Å²) in [5.41, 5.74) is 3.36. The molecule has 0 radical (unpaired) electrons. The third-order valence-corrected chi connectivity index (χ3v) is 9.00. The number of ether oxygens (including phenoxy) is 1. The van der Waals surface area contributed by atoms with Crippen LogP contribution in [0.3, 0.4) is 0 Å². The fourth-order valence-corrected chi connectivity index (χ4v) is 6.95. The van der Waals surface area contributed by atoms with Gasteiger partial charge >= 0.3 is 0 Å². The maximum atomic E-state index is 11.7. The van der Waals surface area contributed by atoms with Crippen LogP contribution < -0.4 is 9.64 Å². The average molecular weight is 558 g/mol. The highest BCUT2D eigenvalue weighted by atomic mass is 35.5. The van der Waals surface area contributed by atoms with Gasteiger partial charge in [0.1, 0.15) is 23.4 Å². The SMILES string of the molecule is C[C@@H](Oc1ccc2[nH]nc(-c3ccc(N4CC5(C4)CN(S(C)(=O)=O)C5)nc3)c2c1)c1c(Cl)cccc1Cl. The van der Waals surface area contributed by atoms with Gasteiger partial charge in [0.2, 0.25) is 10.0 Å². The normalized spacial score (nSPS) is 18.0. The smallest absolute Gasteiger partial charge is 0.211 e. The zero-order valence-electron chi connectivity index (χ0n) is 20.3. The summed E-state index contributed by atoms with van der Waals surface area (Å²) in [6.45, 7) is 4.71. The van der Waals surface area contributed by atoms with Crippen molar-refractivity contribution in [2.75, 3.05) is 37.3 Å². The summed E-state index contributed by atoms with van der Waals surface area (Å²) in [5, 5.41) is 9.65. The summed E-state index contributed by atoms with van der Waals surface area (Å²) < 4.78 is 31.1. The molecule has 2 fully saturated rings. The van der Waals surface area contributed by atoms with E-state index in [-0.39, 0.29) is 11.5 Å². The van der Waals surface area contributed by atoms with Gasteiger partial charge in [-0.1, -0.05) is 29.3 Å². The summed E-state index contributed by atoms with van der Waals surface area (Å²) in [5.74, 6) is 1.55. The van der Waals surface area contributed by atoms with Crippen LogP contribution in [-0.4, -0.2) is 60.3 Å². The van der Waals surface area contributed by atoms with E-state index in [1.165, 1.54) is 10.6 Å². The molecule has 0 amide bonds. The molecule has 2 aromatic carbocycles. The third-order valence-electron chi connectivity index (χ3n) is 7.14. The van der Waals surface area contributed by atoms with Crippen LogP contribution in [0.25, 0.3) is 22.2 Å². The van der Waals surface area contributed by atoms with Crippen LogP contribution in [0.2, 0.25) is 10.0 Å². The maximum absolute atomic E-state index is 11.7. The van der Waals surface area contributed by atoms with Gasteiger partial charge in [-0.25, -0.2) is 17.7 Å². The number of benzene rings is 2. The lowest BCUT2D eigenvalue weighted by Gasteiger charge is -2.59. The van der Waals surface area contributed by atoms with E-state index in [0.717, 1.165) is 46.6 Å². The molecule has 1 N–H and O–H groups in total. The van der Waals surface area contributed by atoms with E-state index in [1.54, 1.807) is 12.1 Å². The molecule has 37 heavy (non-hydrogen) atoms. The Labute approximate surface area is 225 Å². The molecule has 0 unspecified atom stereocenters. The number of aromatic amines is 1. The van der Waals surface area contributed by atoms with E-state index in [1.807, 2.05) is 49.5 Å². The number of halogens is 2. The van der Waals surface area contributed by atoms with Crippen molar-refractivity contribution in [2.45, 2.75) is 13.0 Å². The third kappa shape index (κ3) is 4.44. The predicted octanol–water partition coefficient (Wildman–Crippen LogP) is 5.15. The zero-order valence-corrected chi connectivity index (χ0v) is 22.6. The van der Waals surface area contributed by atoms with E-state index in [4.69, 9.17) is 27.9 Å². The Bertz CT molecular complexity index is 1570. The Morgan fingerprint density at radius 2 is 1.78 bits per heavy atom. The summed E-state index contributed by atoms with van der Waals surface area (Å²) in [6.07, 6.45) is 2.74. The molecule has 0 saturated carbocycles. The van der Waals surface area contributed by atoms with Gasteiger partial charge in [0.05, 0.1) is 11.8 Å². The number of pyridine rings is 1. The molecule has 2 aliphatic heterocycles. The van der Waals surface area contributed by atoms with Crippen molar-refractivity contribution < 1.29 is 13.2 Å². The number of aromatic nitrogens is 3. The summed E-state index contributed by atoms with van der Waals surface area (Å²) >= 11 is 12.7. The van der Waals surface area contributed by atoms with Gasteiger partial charge in [-0.05, 0) is 49.4 Å². The second-order valence-corrected chi connectivity index (χ2v) is 12.8. The molecule has 1 atom stereocenters. The summed E-state index contributed by atoms with van der Waals surface area (Å²) in [4.78, 5) is 6.84. The van der Waals surface area contributed by atoms with Crippen LogP contribution in [0.1, 0.15) is 18.6 Å². The fraction of sp³-hybridized carbons (Fsp3) is 0.308. The molecule has 8 nitrogen and oxygen atoms in total. The molecule has 2 saturated heterocycles. The highest BCUT2D eigenvalue weighted by Gasteiger charge is 2.54. The van der Waals surface area contributed by atoms with Crippen LogP contribution >= 0.6 is 23.2 Å². The van der Waals surface area contributed by atoms with Crippen molar-refractivity contribution in [1.82, 2.24) is 19.5 Å². The molecule has 192 valence electrons. The Morgan fingerprint density at radius 3 is 2.43 bits per heavy atom. The number of hydrogen-bond donors (Lipinski definition) is 1. The Hall–Kier alpha value is -2.85. The number of sulfonamides is 1. The first kappa shape index (κ1) is 24.5. The van der Waals surface area contributed by atoms with Crippen LogP contribution in [0.5, 0.6) is 5.75 Å². The predicted molar refractivity (Wildman–Crippen MR) is 146 cm³/mol. The van der Waals surface area contributed by atoms with Crippen molar-refractivity contribution in [3.63, 3.8) is 0 Å². The number of anilines is 1. The first-order chi connectivity index (χ1) is 17.6. The zero-order chi connectivity index (χ0) is 25.9. The van der Waals surface area contributed by atoms with E-state index >= 15 is 0 Å². The van der Waals surface area contributed by atoms with Crippen LogP contribution in [0.15, 0.2) is 54.7 Å². The number of nitrogens with zero attached hydrogens (tertiary/aromatic N) is 4. The minimum absolute atomic E-state index is 0.0591. The number of fused-ring (bicyclic) bond motifs is 1. The molecule has 11 heteroatoms. The molecule has 1 spiro atoms. The number of rotatable bonds is 6. The minimum atomic E-state index is -3.10. The highest BCUT2D eigenvalue weighted by Crippen LogP contribution is 2.42. The number of nitrogens with one attached hydrogen (secondary N) is 1. The average Bonchev–Trinajstić information content (AvgIpc) is 3.20. The van der Waals surface area contributed by atoms with Gasteiger partial charge in [0.15, 0.2) is 0 Å². The first-order valence-corrected chi connectivity index (χ1v) is 14.5. The van der Waals surface area contributed by atoms with Crippen molar-refractivity contribution in [1.29, 1.82) is 0 Å². The van der Waals surface area contributed by atoms with Crippen molar-refractivity contribution in [2.24, 2.45) is 5.41 Å². The molecule has 4 heterocycles. The standard InChI is InChI=1S/C26H25Cl2N5O3S/c1-16(24-20(27)4-3-5-21(24)28)36-18-7-8-22-19(10-18)25(31-30-22)17-6-9-23(29-11-17)32-12-26(13-32)14-33(15-26)37(2,34)35/h3-11,16H,12-15H2,1-2H3,(H,30,31)/t16-/m1/s1. The van der Waals surface area contributed by atoms with Crippen LogP contribution in [-0.2, 0) is 10.0 Å². The molecular formula is C26H25Cl2N5O3S. The second kappa shape index (κ2) is 8.87. The number of H-pyrrole nitrogens is 1. The van der Waals surface area contributed by atoms with Crippen molar-refractivity contribution in [3.8, 4) is 17.0 Å². The lowest BCUT2D eigenvalue weighted by Crippen LogP contribution is -2.73.